The van der Waals surface area contributed by atoms with Gasteiger partial charge in [0.2, 0.25) is 5.91 Å². The predicted molar refractivity (Wildman–Crippen MR) is 77.9 cm³/mol. The van der Waals surface area contributed by atoms with Crippen LogP contribution in [0.5, 0.6) is 11.5 Å². The van der Waals surface area contributed by atoms with E-state index in [1.807, 2.05) is 0 Å². The molecule has 6 heteroatoms. The summed E-state index contributed by atoms with van der Waals surface area (Å²) >= 11 is 5.86. The lowest BCUT2D eigenvalue weighted by Crippen LogP contribution is -2.12. The third-order valence-electron chi connectivity index (χ3n) is 2.73. The second-order valence-electron chi connectivity index (χ2n) is 4.12. The molecule has 0 saturated carbocycles. The average Bonchev–Trinajstić information content (AvgIpc) is 2.47. The zero-order valence-corrected chi connectivity index (χ0v) is 11.9. The maximum Gasteiger partial charge on any atom is 0.347 e. The molecule has 0 aromatic heterocycles. The van der Waals surface area contributed by atoms with Crippen molar-refractivity contribution < 1.29 is 19.1 Å². The number of hydrogen-bond donors (Lipinski definition) is 1. The molecule has 2 rings (SSSR count). The summed E-state index contributed by atoms with van der Waals surface area (Å²) in [4.78, 5) is 23.1. The van der Waals surface area contributed by atoms with Gasteiger partial charge in [0, 0.05) is 10.6 Å². The minimum absolute atomic E-state index is 0.212. The van der Waals surface area contributed by atoms with Crippen molar-refractivity contribution in [2.45, 2.75) is 0 Å². The average molecular weight is 306 g/mol. The maximum absolute atomic E-state index is 12.1. The van der Waals surface area contributed by atoms with E-state index in [4.69, 9.17) is 26.8 Å². The number of rotatable bonds is 4. The first-order valence-corrected chi connectivity index (χ1v) is 6.34. The van der Waals surface area contributed by atoms with Crippen LogP contribution in [-0.2, 0) is 0 Å². The van der Waals surface area contributed by atoms with Crippen LogP contribution in [0, 0.1) is 0 Å². The molecular weight excluding hydrogens is 294 g/mol. The first kappa shape index (κ1) is 14.9. The summed E-state index contributed by atoms with van der Waals surface area (Å²) in [6.07, 6.45) is 0. The molecule has 0 bridgehead atoms. The second kappa shape index (κ2) is 6.28. The Kier molecular flexibility index (Phi) is 4.45. The molecule has 2 aromatic carbocycles. The van der Waals surface area contributed by atoms with Crippen molar-refractivity contribution in [1.29, 1.82) is 0 Å². The van der Waals surface area contributed by atoms with Crippen LogP contribution in [0.2, 0.25) is 5.02 Å². The van der Waals surface area contributed by atoms with E-state index in [0.717, 1.165) is 0 Å². The van der Waals surface area contributed by atoms with E-state index in [1.54, 1.807) is 12.1 Å². The lowest BCUT2D eigenvalue weighted by molar-refractivity contribution is 0.0731. The van der Waals surface area contributed by atoms with E-state index in [-0.39, 0.29) is 11.3 Å². The van der Waals surface area contributed by atoms with Gasteiger partial charge in [-0.05, 0) is 42.5 Å². The van der Waals surface area contributed by atoms with Crippen LogP contribution in [-0.4, -0.2) is 19.0 Å². The topological polar surface area (TPSA) is 78.6 Å². The monoisotopic (exact) mass is 305 g/mol. The highest BCUT2D eigenvalue weighted by atomic mass is 35.5. The van der Waals surface area contributed by atoms with Gasteiger partial charge in [-0.15, -0.1) is 0 Å². The molecule has 2 aromatic rings. The van der Waals surface area contributed by atoms with Crippen LogP contribution in [0.3, 0.4) is 0 Å². The van der Waals surface area contributed by atoms with Crippen molar-refractivity contribution in [3.05, 3.63) is 58.6 Å². The number of carbonyl (C=O) groups excluding carboxylic acids is 2. The van der Waals surface area contributed by atoms with E-state index in [2.05, 4.69) is 0 Å². The summed E-state index contributed by atoms with van der Waals surface area (Å²) < 4.78 is 10.3. The quantitative estimate of drug-likeness (QED) is 0.696. The molecule has 0 unspecified atom stereocenters. The number of nitrogens with two attached hydrogens (primary N) is 1. The number of carbonyl (C=O) groups is 2. The highest BCUT2D eigenvalue weighted by Crippen LogP contribution is 2.24. The van der Waals surface area contributed by atoms with Crippen molar-refractivity contribution in [3.63, 3.8) is 0 Å². The number of methoxy groups -OCH3 is 1. The van der Waals surface area contributed by atoms with Gasteiger partial charge in [0.05, 0.1) is 7.11 Å². The Hall–Kier alpha value is -2.53. The van der Waals surface area contributed by atoms with Crippen LogP contribution in [0.15, 0.2) is 42.5 Å². The predicted octanol–water partition coefficient (Wildman–Crippen LogP) is 2.67. The highest BCUT2D eigenvalue weighted by Gasteiger charge is 2.15. The van der Waals surface area contributed by atoms with Crippen molar-refractivity contribution in [2.75, 3.05) is 7.11 Å². The number of ether oxygens (including phenoxy) is 2. The van der Waals surface area contributed by atoms with Crippen molar-refractivity contribution in [1.82, 2.24) is 0 Å². The Bertz CT molecular complexity index is 683. The van der Waals surface area contributed by atoms with Crippen molar-refractivity contribution >= 4 is 23.5 Å². The second-order valence-corrected chi connectivity index (χ2v) is 4.56. The van der Waals surface area contributed by atoms with Crippen LogP contribution >= 0.6 is 11.6 Å². The molecule has 0 aliphatic carbocycles. The molecule has 0 fully saturated rings. The smallest absolute Gasteiger partial charge is 0.347 e. The van der Waals surface area contributed by atoms with E-state index in [9.17, 15) is 9.59 Å². The van der Waals surface area contributed by atoms with Crippen LogP contribution in [0.25, 0.3) is 0 Å². The minimum atomic E-state index is -0.610. The lowest BCUT2D eigenvalue weighted by atomic mass is 10.2. The Morgan fingerprint density at radius 3 is 2.33 bits per heavy atom. The van der Waals surface area contributed by atoms with Crippen LogP contribution in [0.1, 0.15) is 20.7 Å². The Balaban J connectivity index is 2.21. The third kappa shape index (κ3) is 3.52. The zero-order valence-electron chi connectivity index (χ0n) is 11.1. The molecule has 0 radical (unpaired) electrons. The van der Waals surface area contributed by atoms with Gasteiger partial charge < -0.3 is 15.2 Å². The first-order valence-electron chi connectivity index (χ1n) is 5.97. The summed E-state index contributed by atoms with van der Waals surface area (Å²) in [5.74, 6) is -0.518. The standard InChI is InChI=1S/C15H12ClNO4/c1-20-13-7-4-10(16)8-12(13)15(19)21-11-5-2-9(3-6-11)14(17)18/h2-8H,1H3,(H2,17,18). The van der Waals surface area contributed by atoms with Crippen molar-refractivity contribution in [3.8, 4) is 11.5 Å². The van der Waals surface area contributed by atoms with Gasteiger partial charge in [-0.1, -0.05) is 11.6 Å². The number of esters is 1. The van der Waals surface area contributed by atoms with Gasteiger partial charge in [-0.3, -0.25) is 4.79 Å². The van der Waals surface area contributed by atoms with Crippen LogP contribution < -0.4 is 15.2 Å². The van der Waals surface area contributed by atoms with E-state index in [1.165, 1.54) is 37.4 Å². The zero-order chi connectivity index (χ0) is 15.4. The molecule has 1 amide bonds. The minimum Gasteiger partial charge on any atom is -0.496 e. The fraction of sp³-hybridized carbons (Fsp3) is 0.0667. The maximum atomic E-state index is 12.1. The van der Waals surface area contributed by atoms with Crippen molar-refractivity contribution in [2.24, 2.45) is 5.73 Å². The van der Waals surface area contributed by atoms with Gasteiger partial charge in [-0.25, -0.2) is 4.79 Å². The fourth-order valence-electron chi connectivity index (χ4n) is 1.69. The van der Waals surface area contributed by atoms with Gasteiger partial charge in [0.25, 0.3) is 0 Å². The Morgan fingerprint density at radius 1 is 1.10 bits per heavy atom. The van der Waals surface area contributed by atoms with E-state index < -0.39 is 11.9 Å². The van der Waals surface area contributed by atoms with Gasteiger partial charge in [0.1, 0.15) is 17.1 Å². The largest absolute Gasteiger partial charge is 0.496 e. The van der Waals surface area contributed by atoms with Gasteiger partial charge in [-0.2, -0.15) is 0 Å². The van der Waals surface area contributed by atoms with E-state index in [0.29, 0.717) is 16.3 Å². The molecule has 0 spiro atoms. The number of halogens is 1. The summed E-state index contributed by atoms with van der Waals surface area (Å²) in [6.45, 7) is 0. The van der Waals surface area contributed by atoms with Gasteiger partial charge >= 0.3 is 5.97 Å². The third-order valence-corrected chi connectivity index (χ3v) is 2.97. The normalized spacial score (nSPS) is 10.0. The molecule has 108 valence electrons. The molecule has 0 atom stereocenters. The molecule has 0 saturated heterocycles. The molecule has 5 nitrogen and oxygen atoms in total. The Labute approximate surface area is 126 Å². The summed E-state index contributed by atoms with van der Waals surface area (Å²) in [5.41, 5.74) is 5.67. The molecule has 2 N–H and O–H groups in total. The van der Waals surface area contributed by atoms with Crippen LogP contribution in [0.4, 0.5) is 0 Å². The molecule has 21 heavy (non-hydrogen) atoms. The van der Waals surface area contributed by atoms with E-state index >= 15 is 0 Å². The highest BCUT2D eigenvalue weighted by molar-refractivity contribution is 6.31. The number of amides is 1. The Morgan fingerprint density at radius 2 is 1.76 bits per heavy atom. The molecule has 0 heterocycles. The number of benzene rings is 2. The molecular formula is C15H12ClNO4. The summed E-state index contributed by atoms with van der Waals surface area (Å²) in [6, 6.07) is 10.6. The summed E-state index contributed by atoms with van der Waals surface area (Å²) in [5, 5.41) is 0.395. The molecule has 0 aliphatic heterocycles. The SMILES string of the molecule is COc1ccc(Cl)cc1C(=O)Oc1ccc(C(N)=O)cc1. The van der Waals surface area contributed by atoms with Gasteiger partial charge in [0.15, 0.2) is 0 Å². The first-order chi connectivity index (χ1) is 10.0. The number of primary amides is 1. The lowest BCUT2D eigenvalue weighted by Gasteiger charge is -2.09. The molecule has 0 aliphatic rings. The number of hydrogen-bond acceptors (Lipinski definition) is 4. The summed E-state index contributed by atoms with van der Waals surface area (Å²) in [7, 11) is 1.45. The fourth-order valence-corrected chi connectivity index (χ4v) is 1.86.